The molecule has 108 valence electrons. The summed E-state index contributed by atoms with van der Waals surface area (Å²) in [7, 11) is 0. The molecule has 0 radical (unpaired) electrons. The average Bonchev–Trinajstić information content (AvgIpc) is 2.44. The molecule has 0 unspecified atom stereocenters. The molecule has 0 bridgehead atoms. The van der Waals surface area contributed by atoms with Crippen molar-refractivity contribution in [3.8, 4) is 0 Å². The van der Waals surface area contributed by atoms with Gasteiger partial charge in [-0.2, -0.15) is 0 Å². The quantitative estimate of drug-likeness (QED) is 0.687. The lowest BCUT2D eigenvalue weighted by atomic mass is 10.1. The zero-order valence-electron chi connectivity index (χ0n) is 11.3. The van der Waals surface area contributed by atoms with Gasteiger partial charge in [0.05, 0.1) is 0 Å². The number of hydrogen-bond acceptors (Lipinski definition) is 3. The van der Waals surface area contributed by atoms with Crippen LogP contribution in [-0.2, 0) is 9.59 Å². The number of carboxylic acids is 1. The molecule has 6 nitrogen and oxygen atoms in total. The first-order chi connectivity index (χ1) is 9.54. The smallest absolute Gasteiger partial charge is 0.326 e. The van der Waals surface area contributed by atoms with Gasteiger partial charge in [-0.15, -0.1) is 0 Å². The molecule has 0 saturated heterocycles. The Morgan fingerprint density at radius 1 is 1.20 bits per heavy atom. The van der Waals surface area contributed by atoms with Gasteiger partial charge >= 0.3 is 5.97 Å². The molecule has 3 N–H and O–H groups in total. The minimum Gasteiger partial charge on any atom is -0.480 e. The Morgan fingerprint density at radius 2 is 1.85 bits per heavy atom. The SMILES string of the molecule is CCNC(=O)CC[C@H](NC(=O)c1ccccc1)C(=O)O. The molecule has 0 spiro atoms. The molecular weight excluding hydrogens is 260 g/mol. The zero-order valence-corrected chi connectivity index (χ0v) is 11.3. The van der Waals surface area contributed by atoms with Gasteiger partial charge in [-0.05, 0) is 25.5 Å². The minimum absolute atomic E-state index is 0.0553. The Bertz CT molecular complexity index is 473. The van der Waals surface area contributed by atoms with Gasteiger partial charge in [0.25, 0.3) is 5.91 Å². The minimum atomic E-state index is -1.15. The number of carboxylic acid groups (broad SMARTS) is 1. The van der Waals surface area contributed by atoms with E-state index in [-0.39, 0.29) is 18.7 Å². The van der Waals surface area contributed by atoms with Gasteiger partial charge in [-0.3, -0.25) is 9.59 Å². The van der Waals surface area contributed by atoms with Crippen LogP contribution < -0.4 is 10.6 Å². The number of benzene rings is 1. The van der Waals surface area contributed by atoms with Crippen molar-refractivity contribution in [1.29, 1.82) is 0 Å². The van der Waals surface area contributed by atoms with Crippen molar-refractivity contribution in [2.45, 2.75) is 25.8 Å². The highest BCUT2D eigenvalue weighted by Crippen LogP contribution is 2.03. The highest BCUT2D eigenvalue weighted by molar-refractivity contribution is 5.96. The van der Waals surface area contributed by atoms with E-state index >= 15 is 0 Å². The van der Waals surface area contributed by atoms with E-state index in [2.05, 4.69) is 10.6 Å². The Hall–Kier alpha value is -2.37. The van der Waals surface area contributed by atoms with E-state index in [1.807, 2.05) is 0 Å². The van der Waals surface area contributed by atoms with Crippen molar-refractivity contribution in [2.75, 3.05) is 6.54 Å². The molecule has 0 aliphatic carbocycles. The van der Waals surface area contributed by atoms with E-state index in [1.165, 1.54) is 0 Å². The molecule has 0 aliphatic heterocycles. The maximum Gasteiger partial charge on any atom is 0.326 e. The van der Waals surface area contributed by atoms with Crippen LogP contribution in [0.15, 0.2) is 30.3 Å². The highest BCUT2D eigenvalue weighted by atomic mass is 16.4. The third-order valence-corrected chi connectivity index (χ3v) is 2.67. The number of carbonyl (C=O) groups excluding carboxylic acids is 2. The van der Waals surface area contributed by atoms with Gasteiger partial charge in [-0.1, -0.05) is 18.2 Å². The molecule has 1 aromatic rings. The standard InChI is InChI=1S/C14H18N2O4/c1-2-15-12(17)9-8-11(14(19)20)16-13(18)10-6-4-3-5-7-10/h3-7,11H,2,8-9H2,1H3,(H,15,17)(H,16,18)(H,19,20)/t11-/m0/s1. The summed E-state index contributed by atoms with van der Waals surface area (Å²) in [5.74, 6) is -1.85. The topological polar surface area (TPSA) is 95.5 Å². The average molecular weight is 278 g/mol. The summed E-state index contributed by atoms with van der Waals surface area (Å²) in [4.78, 5) is 34.3. The van der Waals surface area contributed by atoms with Gasteiger partial charge < -0.3 is 15.7 Å². The summed E-state index contributed by atoms with van der Waals surface area (Å²) in [6.07, 6.45) is 0.111. The summed E-state index contributed by atoms with van der Waals surface area (Å²) in [6, 6.07) is 7.26. The van der Waals surface area contributed by atoms with Crippen LogP contribution in [-0.4, -0.2) is 35.5 Å². The molecular formula is C14H18N2O4. The second-order valence-electron chi connectivity index (χ2n) is 4.22. The van der Waals surface area contributed by atoms with Gasteiger partial charge in [0.1, 0.15) is 6.04 Å². The van der Waals surface area contributed by atoms with Crippen LogP contribution in [0.3, 0.4) is 0 Å². The molecule has 2 amide bonds. The molecule has 0 fully saturated rings. The molecule has 0 aromatic heterocycles. The summed E-state index contributed by atoms with van der Waals surface area (Å²) < 4.78 is 0. The molecule has 0 saturated carbocycles. The second kappa shape index (κ2) is 7.93. The van der Waals surface area contributed by atoms with E-state index in [9.17, 15) is 14.4 Å². The van der Waals surface area contributed by atoms with Crippen molar-refractivity contribution in [1.82, 2.24) is 10.6 Å². The van der Waals surface area contributed by atoms with E-state index in [0.717, 1.165) is 0 Å². The Morgan fingerprint density at radius 3 is 2.40 bits per heavy atom. The summed E-state index contributed by atoms with van der Waals surface area (Å²) in [5.41, 5.74) is 0.386. The van der Waals surface area contributed by atoms with Crippen LogP contribution in [0.2, 0.25) is 0 Å². The van der Waals surface area contributed by atoms with Crippen molar-refractivity contribution >= 4 is 17.8 Å². The molecule has 1 rings (SSSR count). The third kappa shape index (κ3) is 5.09. The Balaban J connectivity index is 2.57. The molecule has 0 aliphatic rings. The summed E-state index contributed by atoms with van der Waals surface area (Å²) in [6.45, 7) is 2.27. The Labute approximate surface area is 117 Å². The van der Waals surface area contributed by atoms with Gasteiger partial charge in [0.15, 0.2) is 0 Å². The van der Waals surface area contributed by atoms with Crippen molar-refractivity contribution in [3.63, 3.8) is 0 Å². The third-order valence-electron chi connectivity index (χ3n) is 2.67. The van der Waals surface area contributed by atoms with Crippen molar-refractivity contribution in [3.05, 3.63) is 35.9 Å². The predicted octanol–water partition coefficient (Wildman–Crippen LogP) is 0.786. The second-order valence-corrected chi connectivity index (χ2v) is 4.22. The van der Waals surface area contributed by atoms with E-state index in [4.69, 9.17) is 5.11 Å². The molecule has 20 heavy (non-hydrogen) atoms. The largest absolute Gasteiger partial charge is 0.480 e. The van der Waals surface area contributed by atoms with Crippen LogP contribution in [0.4, 0.5) is 0 Å². The normalized spacial score (nSPS) is 11.4. The van der Waals surface area contributed by atoms with E-state index in [1.54, 1.807) is 37.3 Å². The molecule has 1 atom stereocenters. The molecule has 6 heteroatoms. The van der Waals surface area contributed by atoms with Crippen LogP contribution in [0.5, 0.6) is 0 Å². The van der Waals surface area contributed by atoms with Crippen LogP contribution >= 0.6 is 0 Å². The predicted molar refractivity (Wildman–Crippen MR) is 73.2 cm³/mol. The summed E-state index contributed by atoms with van der Waals surface area (Å²) in [5, 5.41) is 14.1. The number of amides is 2. The zero-order chi connectivity index (χ0) is 15.0. The molecule has 0 heterocycles. The highest BCUT2D eigenvalue weighted by Gasteiger charge is 2.21. The number of carbonyl (C=O) groups is 3. The van der Waals surface area contributed by atoms with Gasteiger partial charge in [0, 0.05) is 18.5 Å². The summed E-state index contributed by atoms with van der Waals surface area (Å²) >= 11 is 0. The lowest BCUT2D eigenvalue weighted by Crippen LogP contribution is -2.41. The van der Waals surface area contributed by atoms with E-state index in [0.29, 0.717) is 12.1 Å². The lowest BCUT2D eigenvalue weighted by Gasteiger charge is -2.14. The number of rotatable bonds is 7. The van der Waals surface area contributed by atoms with Crippen molar-refractivity contribution in [2.24, 2.45) is 0 Å². The fourth-order valence-electron chi connectivity index (χ4n) is 1.65. The first-order valence-electron chi connectivity index (χ1n) is 6.40. The number of nitrogens with one attached hydrogen (secondary N) is 2. The van der Waals surface area contributed by atoms with Gasteiger partial charge in [0.2, 0.25) is 5.91 Å². The van der Waals surface area contributed by atoms with Crippen molar-refractivity contribution < 1.29 is 19.5 Å². The number of hydrogen-bond donors (Lipinski definition) is 3. The van der Waals surface area contributed by atoms with Crippen LogP contribution in [0.1, 0.15) is 30.1 Å². The fourth-order valence-corrected chi connectivity index (χ4v) is 1.65. The Kier molecular flexibility index (Phi) is 6.22. The monoisotopic (exact) mass is 278 g/mol. The molecule has 1 aromatic carbocycles. The first-order valence-corrected chi connectivity index (χ1v) is 6.40. The van der Waals surface area contributed by atoms with Crippen LogP contribution in [0.25, 0.3) is 0 Å². The van der Waals surface area contributed by atoms with Gasteiger partial charge in [-0.25, -0.2) is 4.79 Å². The first kappa shape index (κ1) is 15.7. The maximum atomic E-state index is 11.9. The fraction of sp³-hybridized carbons (Fsp3) is 0.357. The lowest BCUT2D eigenvalue weighted by molar-refractivity contribution is -0.139. The van der Waals surface area contributed by atoms with Crippen LogP contribution in [0, 0.1) is 0 Å². The number of aliphatic carboxylic acids is 1. The van der Waals surface area contributed by atoms with E-state index < -0.39 is 17.9 Å². The maximum absolute atomic E-state index is 11.9.